The maximum Gasteiger partial charge on any atom is 0.522 e. The van der Waals surface area contributed by atoms with Crippen LogP contribution in [0.4, 0.5) is 18.9 Å². The lowest BCUT2D eigenvalue weighted by atomic mass is 10.3. The Morgan fingerprint density at radius 3 is 2.63 bits per heavy atom. The van der Waals surface area contributed by atoms with Crippen LogP contribution in [0, 0.1) is 0 Å². The van der Waals surface area contributed by atoms with Crippen molar-refractivity contribution in [2.24, 2.45) is 0 Å². The van der Waals surface area contributed by atoms with Crippen molar-refractivity contribution in [1.29, 1.82) is 0 Å². The maximum atomic E-state index is 11.8. The molecule has 0 radical (unpaired) electrons. The molecule has 0 amide bonds. The molecule has 2 N–H and O–H groups in total. The average molecular weight is 297 g/mol. The smallest absolute Gasteiger partial charge is 0.494 e. The average Bonchev–Trinajstić information content (AvgIpc) is 2.30. The molecule has 1 aromatic rings. The molecule has 0 aromatic heterocycles. The van der Waals surface area contributed by atoms with Gasteiger partial charge in [0.05, 0.1) is 34.7 Å². The van der Waals surface area contributed by atoms with Gasteiger partial charge in [-0.1, -0.05) is 0 Å². The fourth-order valence-corrected chi connectivity index (χ4v) is 2.34. The number of ether oxygens (including phenoxy) is 2. The zero-order valence-electron chi connectivity index (χ0n) is 10.2. The van der Waals surface area contributed by atoms with Crippen LogP contribution in [0.3, 0.4) is 0 Å². The molecule has 8 heteroatoms. The van der Waals surface area contributed by atoms with Gasteiger partial charge in [-0.25, -0.2) is 0 Å². The molecule has 0 bridgehead atoms. The van der Waals surface area contributed by atoms with E-state index in [0.29, 0.717) is 12.4 Å². The Morgan fingerprint density at radius 2 is 2.05 bits per heavy atom. The van der Waals surface area contributed by atoms with Gasteiger partial charge in [0.1, 0.15) is 5.75 Å². The number of halogens is 3. The number of anilines is 1. The molecule has 0 aliphatic heterocycles. The van der Waals surface area contributed by atoms with Crippen LogP contribution in [-0.2, 0) is 15.5 Å². The Bertz CT molecular complexity index is 451. The number of nitrogen functional groups attached to an aromatic ring is 1. The lowest BCUT2D eigenvalue weighted by Gasteiger charge is -2.10. The van der Waals surface area contributed by atoms with Crippen molar-refractivity contribution in [3.63, 3.8) is 0 Å². The Kier molecular flexibility index (Phi) is 5.61. The van der Waals surface area contributed by atoms with Crippen LogP contribution in [0.5, 0.6) is 5.75 Å². The lowest BCUT2D eigenvalue weighted by Crippen LogP contribution is -2.18. The van der Waals surface area contributed by atoms with E-state index in [2.05, 4.69) is 4.74 Å². The molecule has 0 fully saturated rings. The van der Waals surface area contributed by atoms with Gasteiger partial charge in [-0.2, -0.15) is 0 Å². The van der Waals surface area contributed by atoms with Gasteiger partial charge >= 0.3 is 6.36 Å². The zero-order valence-corrected chi connectivity index (χ0v) is 11.0. The van der Waals surface area contributed by atoms with E-state index in [1.165, 1.54) is 12.1 Å². The minimum atomic E-state index is -4.72. The predicted octanol–water partition coefficient (Wildman–Crippen LogP) is 2.31. The van der Waals surface area contributed by atoms with Crippen LogP contribution in [0.15, 0.2) is 23.1 Å². The van der Waals surface area contributed by atoms with Gasteiger partial charge in [0.15, 0.2) is 0 Å². The molecule has 1 atom stereocenters. The predicted molar refractivity (Wildman–Crippen MR) is 65.3 cm³/mol. The number of hydrogen-bond donors (Lipinski definition) is 1. The number of benzene rings is 1. The molecule has 0 spiro atoms. The second-order valence-corrected chi connectivity index (χ2v) is 5.02. The van der Waals surface area contributed by atoms with E-state index < -0.39 is 23.8 Å². The van der Waals surface area contributed by atoms with Gasteiger partial charge in [-0.05, 0) is 25.1 Å². The van der Waals surface area contributed by atoms with Crippen LogP contribution < -0.4 is 10.5 Å². The molecular formula is C11H14F3NO3S. The van der Waals surface area contributed by atoms with Crippen molar-refractivity contribution in [2.75, 3.05) is 24.7 Å². The van der Waals surface area contributed by atoms with Gasteiger partial charge < -0.3 is 10.5 Å². The first-order valence-electron chi connectivity index (χ1n) is 5.45. The molecule has 1 aromatic carbocycles. The Morgan fingerprint density at radius 1 is 1.37 bits per heavy atom. The summed E-state index contributed by atoms with van der Waals surface area (Å²) < 4.78 is 56.0. The first-order valence-corrected chi connectivity index (χ1v) is 6.76. The minimum Gasteiger partial charge on any atom is -0.494 e. The fourth-order valence-electron chi connectivity index (χ4n) is 1.31. The van der Waals surface area contributed by atoms with Crippen molar-refractivity contribution in [2.45, 2.75) is 18.2 Å². The third-order valence-corrected chi connectivity index (χ3v) is 3.46. The van der Waals surface area contributed by atoms with E-state index in [1.807, 2.05) is 0 Å². The summed E-state index contributed by atoms with van der Waals surface area (Å²) >= 11 is 0. The summed E-state index contributed by atoms with van der Waals surface area (Å²) in [7, 11) is -1.67. The van der Waals surface area contributed by atoms with E-state index in [0.717, 1.165) is 0 Å². The highest BCUT2D eigenvalue weighted by Crippen LogP contribution is 2.23. The number of hydrogen-bond acceptors (Lipinski definition) is 4. The highest BCUT2D eigenvalue weighted by Gasteiger charge is 2.29. The van der Waals surface area contributed by atoms with Gasteiger partial charge in [0.25, 0.3) is 0 Å². The summed E-state index contributed by atoms with van der Waals surface area (Å²) in [6.45, 7) is 1.52. The molecular weight excluding hydrogens is 283 g/mol. The molecule has 1 rings (SSSR count). The van der Waals surface area contributed by atoms with Crippen molar-refractivity contribution in [1.82, 2.24) is 0 Å². The summed E-state index contributed by atoms with van der Waals surface area (Å²) in [4.78, 5) is 0.247. The second kappa shape index (κ2) is 6.76. The summed E-state index contributed by atoms with van der Waals surface area (Å²) in [6, 6.07) is 4.57. The molecule has 19 heavy (non-hydrogen) atoms. The van der Waals surface area contributed by atoms with Gasteiger partial charge in [0.2, 0.25) is 0 Å². The first-order chi connectivity index (χ1) is 8.83. The number of rotatable bonds is 6. The van der Waals surface area contributed by atoms with Crippen molar-refractivity contribution in [3.05, 3.63) is 18.2 Å². The molecule has 1 unspecified atom stereocenters. The standard InChI is InChI=1S/C11H14F3NO3S/c1-2-17-8-3-4-9(15)10(7-8)19(16)6-5-18-11(12,13)14/h3-4,7H,2,5-6,15H2,1H3. The van der Waals surface area contributed by atoms with Gasteiger partial charge in [-0.15, -0.1) is 13.2 Å². The second-order valence-electron chi connectivity index (χ2n) is 3.48. The first kappa shape index (κ1) is 15.8. The van der Waals surface area contributed by atoms with E-state index in [-0.39, 0.29) is 16.3 Å². The van der Waals surface area contributed by atoms with Crippen molar-refractivity contribution >= 4 is 16.5 Å². The molecule has 0 aliphatic carbocycles. The Hall–Kier alpha value is -1.28. The molecule has 4 nitrogen and oxygen atoms in total. The van der Waals surface area contributed by atoms with Gasteiger partial charge in [0, 0.05) is 5.69 Å². The lowest BCUT2D eigenvalue weighted by molar-refractivity contribution is -0.322. The largest absolute Gasteiger partial charge is 0.522 e. The fraction of sp³-hybridized carbons (Fsp3) is 0.455. The van der Waals surface area contributed by atoms with Crippen LogP contribution in [0.2, 0.25) is 0 Å². The topological polar surface area (TPSA) is 61.5 Å². The number of alkyl halides is 3. The van der Waals surface area contributed by atoms with Crippen LogP contribution in [0.25, 0.3) is 0 Å². The quantitative estimate of drug-likeness (QED) is 0.819. The van der Waals surface area contributed by atoms with E-state index in [9.17, 15) is 17.4 Å². The molecule has 0 aliphatic rings. The van der Waals surface area contributed by atoms with Crippen LogP contribution in [-0.4, -0.2) is 29.5 Å². The zero-order chi connectivity index (χ0) is 14.5. The summed E-state index contributed by atoms with van der Waals surface area (Å²) in [5.41, 5.74) is 5.88. The normalized spacial score (nSPS) is 13.3. The van der Waals surface area contributed by atoms with Crippen LogP contribution >= 0.6 is 0 Å². The Labute approximate surface area is 111 Å². The van der Waals surface area contributed by atoms with E-state index in [1.54, 1.807) is 13.0 Å². The Balaban J connectivity index is 2.68. The highest BCUT2D eigenvalue weighted by atomic mass is 32.2. The summed E-state index contributed by atoms with van der Waals surface area (Å²) in [6.07, 6.45) is -4.72. The van der Waals surface area contributed by atoms with E-state index in [4.69, 9.17) is 10.5 Å². The maximum absolute atomic E-state index is 11.8. The third kappa shape index (κ3) is 5.48. The summed E-state index contributed by atoms with van der Waals surface area (Å²) in [5, 5.41) is 0. The number of nitrogens with two attached hydrogens (primary N) is 1. The third-order valence-electron chi connectivity index (χ3n) is 2.08. The monoisotopic (exact) mass is 297 g/mol. The molecule has 0 saturated carbocycles. The highest BCUT2D eigenvalue weighted by molar-refractivity contribution is 7.85. The summed E-state index contributed by atoms with van der Waals surface area (Å²) in [5.74, 6) is 0.177. The van der Waals surface area contributed by atoms with E-state index >= 15 is 0 Å². The van der Waals surface area contributed by atoms with Gasteiger partial charge in [-0.3, -0.25) is 8.95 Å². The van der Waals surface area contributed by atoms with Crippen molar-refractivity contribution < 1.29 is 26.9 Å². The minimum absolute atomic E-state index is 0.244. The molecule has 108 valence electrons. The van der Waals surface area contributed by atoms with Crippen LogP contribution in [0.1, 0.15) is 6.92 Å². The molecule has 0 saturated heterocycles. The van der Waals surface area contributed by atoms with Crippen molar-refractivity contribution in [3.8, 4) is 5.75 Å². The SMILES string of the molecule is CCOc1ccc(N)c(S(=O)CCOC(F)(F)F)c1. The molecule has 0 heterocycles.